The molecule has 0 spiro atoms. The smallest absolute Gasteiger partial charge is 0.313 e. The summed E-state index contributed by atoms with van der Waals surface area (Å²) in [5.74, 6) is -6.31. The van der Waals surface area contributed by atoms with Gasteiger partial charge in [0.15, 0.2) is 6.08 Å². The van der Waals surface area contributed by atoms with Crippen molar-refractivity contribution in [2.45, 2.75) is 11.8 Å². The molecule has 0 saturated heterocycles. The first kappa shape index (κ1) is 16.5. The summed E-state index contributed by atoms with van der Waals surface area (Å²) in [5, 5.41) is 0. The molecule has 1 heterocycles. The van der Waals surface area contributed by atoms with E-state index in [4.69, 9.17) is 16.0 Å². The van der Waals surface area contributed by atoms with Crippen LogP contribution in [0.5, 0.6) is 0 Å². The van der Waals surface area contributed by atoms with Crippen LogP contribution in [0.2, 0.25) is 0 Å². The van der Waals surface area contributed by atoms with Crippen LogP contribution in [0.3, 0.4) is 0 Å². The number of ketones is 1. The Morgan fingerprint density at radius 2 is 1.73 bits per heavy atom. The lowest BCUT2D eigenvalue weighted by Gasteiger charge is -2.11. The Balaban J connectivity index is 1.90. The van der Waals surface area contributed by atoms with Crippen LogP contribution < -0.4 is 5.73 Å². The highest BCUT2D eigenvalue weighted by atomic mass is 32.2. The molecule has 2 N–H and O–H groups in total. The highest BCUT2D eigenvalue weighted by molar-refractivity contribution is 7.86. The molecule has 26 heavy (non-hydrogen) atoms. The van der Waals surface area contributed by atoms with E-state index in [0.29, 0.717) is 5.56 Å². The number of rotatable bonds is 5. The summed E-state index contributed by atoms with van der Waals surface area (Å²) >= 11 is 0. The van der Waals surface area contributed by atoms with E-state index in [1.54, 1.807) is 18.2 Å². The number of benzene rings is 2. The fourth-order valence-electron chi connectivity index (χ4n) is 2.31. The van der Waals surface area contributed by atoms with Crippen LogP contribution in [0.25, 0.3) is 0 Å². The molecule has 0 bridgehead atoms. The van der Waals surface area contributed by atoms with Gasteiger partial charge in [-0.3, -0.25) is 4.79 Å². The number of halogens is 2. The summed E-state index contributed by atoms with van der Waals surface area (Å²) in [5.41, 5.74) is 4.82. The first-order valence-electron chi connectivity index (χ1n) is 7.78. The van der Waals surface area contributed by atoms with E-state index < -0.39 is 56.6 Å². The van der Waals surface area contributed by atoms with Gasteiger partial charge in [0.2, 0.25) is 17.4 Å². The van der Waals surface area contributed by atoms with Crippen LogP contribution in [-0.2, 0) is 29.6 Å². The second kappa shape index (κ2) is 6.75. The first-order chi connectivity index (χ1) is 12.6. The monoisotopic (exact) mass is 382 g/mol. The van der Waals surface area contributed by atoms with Crippen molar-refractivity contribution in [3.63, 3.8) is 0 Å². The molecule has 1 aliphatic rings. The normalized spacial score (nSPS) is 20.7. The molecule has 2 aromatic rings. The zero-order valence-corrected chi connectivity index (χ0v) is 13.9. The largest absolute Gasteiger partial charge is 0.460 e. The Bertz CT molecular complexity index is 1020. The maximum absolute atomic E-state index is 14.0. The van der Waals surface area contributed by atoms with E-state index in [-0.39, 0.29) is 0 Å². The van der Waals surface area contributed by atoms with Crippen LogP contribution in [0.4, 0.5) is 8.78 Å². The molecule has 0 aromatic heterocycles. The third-order valence-electron chi connectivity index (χ3n) is 3.43. The number of Topliss-reactive ketones (excluding diaryl/α,β-unsaturated/α-hetero) is 1. The van der Waals surface area contributed by atoms with Crippen LogP contribution in [0.1, 0.15) is 18.6 Å². The molecule has 0 radical (unpaired) electrons. The van der Waals surface area contributed by atoms with E-state index in [1.807, 2.05) is 0 Å². The molecule has 1 atom stereocenters. The third kappa shape index (κ3) is 3.52. The molecule has 0 aliphatic carbocycles. The molecule has 1 aliphatic heterocycles. The Hall–Kier alpha value is -2.94. The molecule has 3 rings (SSSR count). The van der Waals surface area contributed by atoms with Crippen LogP contribution in [0.15, 0.2) is 60.2 Å². The van der Waals surface area contributed by atoms with Gasteiger partial charge in [0.25, 0.3) is 0 Å². The average molecular weight is 382 g/mol. The van der Waals surface area contributed by atoms with Crippen LogP contribution in [0, 0.1) is 11.6 Å². The summed E-state index contributed by atoms with van der Waals surface area (Å²) in [6.45, 7) is 0. The topological polar surface area (TPSA) is 95.7 Å². The summed E-state index contributed by atoms with van der Waals surface area (Å²) in [6, 6.07) is 10.6. The van der Waals surface area contributed by atoms with Gasteiger partial charge in [0.1, 0.15) is 17.4 Å². The van der Waals surface area contributed by atoms with Crippen molar-refractivity contribution in [2.75, 3.05) is 0 Å². The van der Waals surface area contributed by atoms with Crippen LogP contribution >= 0.6 is 0 Å². The number of carbonyl (C=O) groups is 1. The number of ether oxygens (including phenoxy) is 1. The van der Waals surface area contributed by atoms with E-state index in [2.05, 4.69) is 0 Å². The second-order valence-electron chi connectivity index (χ2n) is 5.32. The van der Waals surface area contributed by atoms with Crippen molar-refractivity contribution >= 4 is 15.9 Å². The predicted octanol–water partition coefficient (Wildman–Crippen LogP) is 2.28. The minimum absolute atomic E-state index is 0.375. The Morgan fingerprint density at radius 3 is 2.35 bits per heavy atom. The Morgan fingerprint density at radius 1 is 1.12 bits per heavy atom. The standard InChI is InChI=1S/C17H13F2NO5S/c18-11-7-4-8-12(19)13(11)15-14(21)16(17(20)24-15)25-26(22,23)9-10-5-2-1-3-6-10/h1-8,15H,9,20H2/t15-/m0/s1/i15D. The number of hydrogen-bond donors (Lipinski definition) is 1. The Kier molecular flexibility index (Phi) is 4.29. The van der Waals surface area contributed by atoms with E-state index in [0.717, 1.165) is 18.2 Å². The zero-order valence-electron chi connectivity index (χ0n) is 14.1. The fraction of sp³-hybridized carbons (Fsp3) is 0.118. The third-order valence-corrected chi connectivity index (χ3v) is 4.54. The first-order valence-corrected chi connectivity index (χ1v) is 8.86. The lowest BCUT2D eigenvalue weighted by molar-refractivity contribution is -0.123. The molecular weight excluding hydrogens is 368 g/mol. The van der Waals surface area contributed by atoms with Gasteiger partial charge in [0, 0.05) is 0 Å². The molecule has 2 aromatic carbocycles. The van der Waals surface area contributed by atoms with E-state index in [9.17, 15) is 22.0 Å². The van der Waals surface area contributed by atoms with Gasteiger partial charge in [-0.15, -0.1) is 0 Å². The van der Waals surface area contributed by atoms with Crippen molar-refractivity contribution < 1.29 is 32.3 Å². The van der Waals surface area contributed by atoms with Gasteiger partial charge in [0.05, 0.1) is 6.93 Å². The number of hydrogen-bond acceptors (Lipinski definition) is 6. The predicted molar refractivity (Wildman–Crippen MR) is 86.6 cm³/mol. The lowest BCUT2D eigenvalue weighted by Crippen LogP contribution is -2.17. The maximum atomic E-state index is 14.0. The quantitative estimate of drug-likeness (QED) is 0.797. The summed E-state index contributed by atoms with van der Waals surface area (Å²) in [6.07, 6.45) is -2.93. The van der Waals surface area contributed by atoms with Crippen molar-refractivity contribution in [1.29, 1.82) is 0 Å². The summed E-state index contributed by atoms with van der Waals surface area (Å²) in [4.78, 5) is 12.5. The van der Waals surface area contributed by atoms with Gasteiger partial charge in [-0.05, 0) is 17.7 Å². The second-order valence-corrected chi connectivity index (χ2v) is 6.89. The number of carbonyl (C=O) groups excluding carboxylic acids is 1. The highest BCUT2D eigenvalue weighted by Crippen LogP contribution is 2.35. The highest BCUT2D eigenvalue weighted by Gasteiger charge is 2.42. The molecule has 0 unspecified atom stereocenters. The minimum Gasteiger partial charge on any atom is -0.460 e. The van der Waals surface area contributed by atoms with Gasteiger partial charge >= 0.3 is 10.1 Å². The summed E-state index contributed by atoms with van der Waals surface area (Å²) in [7, 11) is -4.35. The van der Waals surface area contributed by atoms with Gasteiger partial charge < -0.3 is 14.7 Å². The molecule has 0 amide bonds. The molecule has 0 saturated carbocycles. The van der Waals surface area contributed by atoms with Gasteiger partial charge in [-0.1, -0.05) is 36.4 Å². The maximum Gasteiger partial charge on any atom is 0.313 e. The van der Waals surface area contributed by atoms with Gasteiger partial charge in [-0.2, -0.15) is 8.42 Å². The van der Waals surface area contributed by atoms with Crippen molar-refractivity contribution in [2.24, 2.45) is 5.73 Å². The fourth-order valence-corrected chi connectivity index (χ4v) is 3.38. The molecular formula is C17H13F2NO5S. The van der Waals surface area contributed by atoms with E-state index in [1.165, 1.54) is 12.1 Å². The van der Waals surface area contributed by atoms with Gasteiger partial charge in [-0.25, -0.2) is 8.78 Å². The molecule has 6 nitrogen and oxygen atoms in total. The molecule has 9 heteroatoms. The Labute approximate surface area is 149 Å². The molecule has 0 fully saturated rings. The average Bonchev–Trinajstić information content (AvgIpc) is 2.79. The minimum atomic E-state index is -4.35. The van der Waals surface area contributed by atoms with Crippen LogP contribution in [-0.4, -0.2) is 14.2 Å². The van der Waals surface area contributed by atoms with E-state index >= 15 is 0 Å². The molecule has 136 valence electrons. The van der Waals surface area contributed by atoms with Crippen molar-refractivity contribution in [3.05, 3.63) is 82.9 Å². The number of nitrogens with two attached hydrogens (primary N) is 1. The summed E-state index contributed by atoms with van der Waals surface area (Å²) < 4.78 is 70.0. The van der Waals surface area contributed by atoms with Crippen molar-refractivity contribution in [1.82, 2.24) is 0 Å². The van der Waals surface area contributed by atoms with Crippen molar-refractivity contribution in [3.8, 4) is 0 Å². The lowest BCUT2D eigenvalue weighted by atomic mass is 10.0. The SMILES string of the molecule is [2H][C@@]1(c2c(F)cccc2F)OC(N)=C(OS(=O)(=O)Cc2ccccc2)C1=O. The zero-order chi connectivity index (χ0) is 19.8.